The van der Waals surface area contributed by atoms with Crippen LogP contribution in [0.4, 0.5) is 9.18 Å². The summed E-state index contributed by atoms with van der Waals surface area (Å²) in [6, 6.07) is 10.9. The summed E-state index contributed by atoms with van der Waals surface area (Å²) in [5.41, 5.74) is 2.99. The maximum Gasteiger partial charge on any atom is 0.413 e. The molecule has 10 heteroatoms. The van der Waals surface area contributed by atoms with Gasteiger partial charge in [-0.1, -0.05) is 23.9 Å². The first-order valence-corrected chi connectivity index (χ1v) is 13.6. The first kappa shape index (κ1) is 25.5. The van der Waals surface area contributed by atoms with Crippen molar-refractivity contribution >= 4 is 28.6 Å². The molecule has 3 aliphatic heterocycles. The molecular weight excluding hydrogens is 519 g/mol. The van der Waals surface area contributed by atoms with Gasteiger partial charge in [0.05, 0.1) is 25.1 Å². The molecule has 0 aliphatic carbocycles. The Kier molecular flexibility index (Phi) is 6.39. The summed E-state index contributed by atoms with van der Waals surface area (Å²) in [6.07, 6.45) is 5.36. The quantitative estimate of drug-likeness (QED) is 0.390. The second-order valence-electron chi connectivity index (χ2n) is 10.5. The Balaban J connectivity index is 1.48. The summed E-state index contributed by atoms with van der Waals surface area (Å²) in [7, 11) is 0. The van der Waals surface area contributed by atoms with E-state index in [1.54, 1.807) is 45.2 Å². The van der Waals surface area contributed by atoms with Crippen LogP contribution < -0.4 is 10.1 Å². The number of pyridine rings is 2. The number of ether oxygens (including phenoxy) is 3. The molecule has 2 aromatic heterocycles. The van der Waals surface area contributed by atoms with Gasteiger partial charge in [-0.2, -0.15) is 4.39 Å². The molecule has 0 saturated heterocycles. The molecule has 1 aromatic carbocycles. The number of nitrogens with one attached hydrogen (secondary N) is 1. The predicted octanol–water partition coefficient (Wildman–Crippen LogP) is 6.06. The topological polar surface area (TPSA) is 94.9 Å². The van der Waals surface area contributed by atoms with Crippen molar-refractivity contribution in [2.24, 2.45) is 4.99 Å². The summed E-state index contributed by atoms with van der Waals surface area (Å²) in [5, 5.41) is 3.23. The van der Waals surface area contributed by atoms with Gasteiger partial charge in [0, 0.05) is 28.6 Å². The van der Waals surface area contributed by atoms with Gasteiger partial charge < -0.3 is 14.2 Å². The van der Waals surface area contributed by atoms with Crippen LogP contribution in [-0.4, -0.2) is 45.8 Å². The molecule has 39 heavy (non-hydrogen) atoms. The number of carbonyl (C=O) groups is 1. The third-order valence-electron chi connectivity index (χ3n) is 6.64. The van der Waals surface area contributed by atoms with E-state index in [0.29, 0.717) is 46.8 Å². The number of nitrogens with zero attached hydrogens (tertiary/aromatic N) is 3. The number of fused-ring (bicyclic) bond motifs is 4. The highest BCUT2D eigenvalue weighted by Crippen LogP contribution is 2.54. The fourth-order valence-electron chi connectivity index (χ4n) is 4.90. The summed E-state index contributed by atoms with van der Waals surface area (Å²) >= 11 is 1.42. The highest BCUT2D eigenvalue weighted by molar-refractivity contribution is 8.14. The Labute approximate surface area is 229 Å². The van der Waals surface area contributed by atoms with Crippen LogP contribution in [0.3, 0.4) is 0 Å². The van der Waals surface area contributed by atoms with Crippen molar-refractivity contribution in [2.45, 2.75) is 38.3 Å². The minimum absolute atomic E-state index is 0.380. The zero-order valence-corrected chi connectivity index (χ0v) is 22.6. The number of amidine groups is 1. The van der Waals surface area contributed by atoms with Crippen molar-refractivity contribution in [3.63, 3.8) is 0 Å². The highest BCUT2D eigenvalue weighted by Gasteiger charge is 2.47. The molecule has 1 amide bonds. The number of hydrogen-bond acceptors (Lipinski definition) is 8. The van der Waals surface area contributed by atoms with Crippen LogP contribution in [0.5, 0.6) is 11.5 Å². The number of rotatable bonds is 2. The molecule has 200 valence electrons. The average Bonchev–Trinajstić information content (AvgIpc) is 3.32. The Morgan fingerprint density at radius 1 is 1.15 bits per heavy atom. The largest absolute Gasteiger partial charge is 0.455 e. The van der Waals surface area contributed by atoms with Crippen LogP contribution in [0.25, 0.3) is 16.7 Å². The van der Waals surface area contributed by atoms with Gasteiger partial charge >= 0.3 is 6.09 Å². The van der Waals surface area contributed by atoms with Crippen LogP contribution in [0.2, 0.25) is 0 Å². The number of carbonyl (C=O) groups excluding carboxylic acids is 1. The minimum atomic E-state index is -0.907. The van der Waals surface area contributed by atoms with E-state index in [-0.39, 0.29) is 0 Å². The van der Waals surface area contributed by atoms with E-state index in [9.17, 15) is 9.18 Å². The molecule has 8 nitrogen and oxygen atoms in total. The van der Waals surface area contributed by atoms with Crippen molar-refractivity contribution in [1.29, 1.82) is 0 Å². The second-order valence-corrected chi connectivity index (χ2v) is 11.4. The Morgan fingerprint density at radius 2 is 2.00 bits per heavy atom. The fourth-order valence-corrected chi connectivity index (χ4v) is 6.00. The Hall–Kier alpha value is -3.76. The molecule has 3 aliphatic rings. The third-order valence-corrected chi connectivity index (χ3v) is 7.67. The molecular formula is C29H27FN4O4S. The van der Waals surface area contributed by atoms with E-state index in [2.05, 4.69) is 15.3 Å². The van der Waals surface area contributed by atoms with Crippen LogP contribution in [0, 0.1) is 5.95 Å². The zero-order chi connectivity index (χ0) is 27.2. The molecule has 1 spiro atoms. The molecule has 0 fully saturated rings. The maximum absolute atomic E-state index is 14.7. The smallest absolute Gasteiger partial charge is 0.413 e. The van der Waals surface area contributed by atoms with E-state index in [4.69, 9.17) is 19.2 Å². The summed E-state index contributed by atoms with van der Waals surface area (Å²) in [4.78, 5) is 26.2. The lowest BCUT2D eigenvalue weighted by atomic mass is 9.80. The van der Waals surface area contributed by atoms with Gasteiger partial charge in [0.1, 0.15) is 16.9 Å². The van der Waals surface area contributed by atoms with Crippen LogP contribution in [-0.2, 0) is 15.0 Å². The van der Waals surface area contributed by atoms with E-state index < -0.39 is 23.2 Å². The normalized spacial score (nSPS) is 19.9. The molecule has 1 unspecified atom stereocenters. The zero-order valence-electron chi connectivity index (χ0n) is 21.8. The van der Waals surface area contributed by atoms with E-state index in [1.165, 1.54) is 18.0 Å². The number of amides is 1. The van der Waals surface area contributed by atoms with Gasteiger partial charge in [-0.25, -0.2) is 14.8 Å². The van der Waals surface area contributed by atoms with Gasteiger partial charge in [0.25, 0.3) is 0 Å². The fraction of sp³-hybridized carbons (Fsp3) is 0.310. The van der Waals surface area contributed by atoms with Crippen molar-refractivity contribution in [2.75, 3.05) is 19.0 Å². The molecule has 0 radical (unpaired) electrons. The number of alkyl carbamates (subject to hydrolysis) is 1. The summed E-state index contributed by atoms with van der Waals surface area (Å²) in [6.45, 7) is 6.59. The number of benzene rings is 1. The molecule has 3 aromatic rings. The first-order valence-electron chi connectivity index (χ1n) is 12.7. The maximum atomic E-state index is 14.7. The van der Waals surface area contributed by atoms with Gasteiger partial charge in [0.2, 0.25) is 5.95 Å². The van der Waals surface area contributed by atoms with Crippen molar-refractivity contribution in [3.8, 4) is 22.6 Å². The van der Waals surface area contributed by atoms with Crippen molar-refractivity contribution in [3.05, 3.63) is 77.6 Å². The van der Waals surface area contributed by atoms with E-state index >= 15 is 0 Å². The molecule has 0 bridgehead atoms. The lowest BCUT2D eigenvalue weighted by Crippen LogP contribution is -2.35. The molecule has 6 rings (SSSR count). The van der Waals surface area contributed by atoms with Crippen molar-refractivity contribution < 1.29 is 23.4 Å². The van der Waals surface area contributed by atoms with Gasteiger partial charge in [-0.05, 0) is 68.7 Å². The Morgan fingerprint density at radius 3 is 2.77 bits per heavy atom. The van der Waals surface area contributed by atoms with Crippen LogP contribution in [0.15, 0.2) is 59.9 Å². The number of halogens is 1. The second kappa shape index (κ2) is 9.77. The Bertz CT molecular complexity index is 1530. The molecule has 1 atom stereocenters. The standard InChI is InChI=1S/C29H27FN4O4S/c1-28(2,3)38-27(35)33-26-34-29(16-39-26)20-13-18(19-5-4-10-31-25(19)30)6-7-23(20)37-24-15-32-22(14-21(24)29)17-8-11-36-12-9-17/h4-8,10,13-15H,9,11-12,16H2,1-3H3,(H,33,34,35). The number of aliphatic imine (C=N–C) groups is 1. The highest BCUT2D eigenvalue weighted by atomic mass is 32.2. The van der Waals surface area contributed by atoms with E-state index in [1.807, 2.05) is 24.3 Å². The van der Waals surface area contributed by atoms with Crippen LogP contribution >= 0.6 is 11.8 Å². The summed E-state index contributed by atoms with van der Waals surface area (Å²) < 4.78 is 31.9. The molecule has 5 heterocycles. The van der Waals surface area contributed by atoms with E-state index in [0.717, 1.165) is 28.8 Å². The first-order chi connectivity index (χ1) is 18.7. The molecule has 1 N–H and O–H groups in total. The minimum Gasteiger partial charge on any atom is -0.455 e. The molecule has 0 saturated carbocycles. The lowest BCUT2D eigenvalue weighted by molar-refractivity contribution is 0.0564. The SMILES string of the molecule is CC(C)(C)OC(=O)NC1=NC2(CS1)c1cc(-c3cccnc3F)ccc1Oc1cnc(C3=CCOCC3)cc12. The van der Waals surface area contributed by atoms with Gasteiger partial charge in [-0.15, -0.1) is 0 Å². The number of thioether (sulfide) groups is 1. The lowest BCUT2D eigenvalue weighted by Gasteiger charge is -2.35. The summed E-state index contributed by atoms with van der Waals surface area (Å²) in [5.74, 6) is 1.12. The van der Waals surface area contributed by atoms with Crippen molar-refractivity contribution in [1.82, 2.24) is 15.3 Å². The van der Waals surface area contributed by atoms with Gasteiger partial charge in [-0.3, -0.25) is 10.3 Å². The predicted molar refractivity (Wildman–Crippen MR) is 147 cm³/mol. The monoisotopic (exact) mass is 546 g/mol. The average molecular weight is 547 g/mol. The van der Waals surface area contributed by atoms with Gasteiger partial charge in [0.15, 0.2) is 10.9 Å². The third kappa shape index (κ3) is 4.90. The number of aromatic nitrogens is 2. The number of hydrogen-bond donors (Lipinski definition) is 1. The van der Waals surface area contributed by atoms with Crippen LogP contribution in [0.1, 0.15) is 44.0 Å².